The SMILES string of the molecule is CC#CCCC(C)(C)C1CCC(C)CC1O. The largest absolute Gasteiger partial charge is 0.393 e. The van der Waals surface area contributed by atoms with Gasteiger partial charge in [-0.1, -0.05) is 27.2 Å². The molecule has 0 aliphatic heterocycles. The molecule has 0 aromatic heterocycles. The molecule has 16 heavy (non-hydrogen) atoms. The number of aliphatic hydroxyl groups excluding tert-OH is 1. The van der Waals surface area contributed by atoms with Crippen LogP contribution in [-0.2, 0) is 0 Å². The van der Waals surface area contributed by atoms with Crippen molar-refractivity contribution in [1.82, 2.24) is 0 Å². The van der Waals surface area contributed by atoms with Gasteiger partial charge in [-0.05, 0) is 43.4 Å². The van der Waals surface area contributed by atoms with Crippen LogP contribution < -0.4 is 0 Å². The summed E-state index contributed by atoms with van der Waals surface area (Å²) >= 11 is 0. The van der Waals surface area contributed by atoms with Gasteiger partial charge in [-0.15, -0.1) is 11.8 Å². The van der Waals surface area contributed by atoms with Gasteiger partial charge >= 0.3 is 0 Å². The minimum absolute atomic E-state index is 0.103. The second-order valence-corrected chi connectivity index (χ2v) is 6.01. The van der Waals surface area contributed by atoms with Crippen molar-refractivity contribution in [2.45, 2.75) is 65.9 Å². The van der Waals surface area contributed by atoms with Gasteiger partial charge in [0.15, 0.2) is 0 Å². The van der Waals surface area contributed by atoms with Crippen molar-refractivity contribution in [2.75, 3.05) is 0 Å². The molecule has 0 aromatic carbocycles. The fourth-order valence-electron chi connectivity index (χ4n) is 2.96. The van der Waals surface area contributed by atoms with E-state index < -0.39 is 0 Å². The van der Waals surface area contributed by atoms with E-state index in [1.54, 1.807) is 0 Å². The molecular formula is C15H26O. The monoisotopic (exact) mass is 222 g/mol. The Morgan fingerprint density at radius 2 is 2.00 bits per heavy atom. The molecule has 0 radical (unpaired) electrons. The molecule has 0 aromatic rings. The van der Waals surface area contributed by atoms with Crippen LogP contribution in [0.15, 0.2) is 0 Å². The van der Waals surface area contributed by atoms with E-state index in [4.69, 9.17) is 0 Å². The Labute approximate surface area is 101 Å². The average molecular weight is 222 g/mol. The van der Waals surface area contributed by atoms with Crippen LogP contribution in [0.5, 0.6) is 0 Å². The molecule has 3 unspecified atom stereocenters. The van der Waals surface area contributed by atoms with Gasteiger partial charge < -0.3 is 5.11 Å². The summed E-state index contributed by atoms with van der Waals surface area (Å²) in [6.45, 7) is 8.71. The van der Waals surface area contributed by atoms with Crippen LogP contribution in [0.4, 0.5) is 0 Å². The van der Waals surface area contributed by atoms with E-state index in [0.29, 0.717) is 11.8 Å². The maximum atomic E-state index is 10.2. The van der Waals surface area contributed by atoms with E-state index >= 15 is 0 Å². The first-order chi connectivity index (χ1) is 7.47. The Morgan fingerprint density at radius 1 is 1.31 bits per heavy atom. The second-order valence-electron chi connectivity index (χ2n) is 6.01. The molecule has 0 amide bonds. The highest BCUT2D eigenvalue weighted by atomic mass is 16.3. The molecule has 0 bridgehead atoms. The molecule has 1 saturated carbocycles. The zero-order chi connectivity index (χ0) is 12.2. The zero-order valence-corrected chi connectivity index (χ0v) is 11.2. The van der Waals surface area contributed by atoms with Crippen molar-refractivity contribution in [1.29, 1.82) is 0 Å². The molecule has 1 aliphatic rings. The predicted octanol–water partition coefficient (Wildman–Crippen LogP) is 3.61. The summed E-state index contributed by atoms with van der Waals surface area (Å²) < 4.78 is 0. The van der Waals surface area contributed by atoms with Crippen LogP contribution in [0.1, 0.15) is 59.8 Å². The van der Waals surface area contributed by atoms with Crippen LogP contribution in [0.25, 0.3) is 0 Å². The van der Waals surface area contributed by atoms with E-state index in [-0.39, 0.29) is 11.5 Å². The van der Waals surface area contributed by atoms with Gasteiger partial charge in [-0.2, -0.15) is 0 Å². The van der Waals surface area contributed by atoms with Crippen molar-refractivity contribution in [2.24, 2.45) is 17.3 Å². The van der Waals surface area contributed by atoms with E-state index in [1.165, 1.54) is 12.8 Å². The summed E-state index contributed by atoms with van der Waals surface area (Å²) in [6, 6.07) is 0. The zero-order valence-electron chi connectivity index (χ0n) is 11.2. The van der Waals surface area contributed by atoms with Gasteiger partial charge in [0, 0.05) is 6.42 Å². The first-order valence-electron chi connectivity index (χ1n) is 6.55. The van der Waals surface area contributed by atoms with Crippen molar-refractivity contribution >= 4 is 0 Å². The summed E-state index contributed by atoms with van der Waals surface area (Å²) in [7, 11) is 0. The third-order valence-electron chi connectivity index (χ3n) is 4.15. The lowest BCUT2D eigenvalue weighted by Gasteiger charge is -2.42. The maximum Gasteiger partial charge on any atom is 0.0576 e. The van der Waals surface area contributed by atoms with Gasteiger partial charge in [0.05, 0.1) is 6.10 Å². The Morgan fingerprint density at radius 3 is 2.56 bits per heavy atom. The lowest BCUT2D eigenvalue weighted by molar-refractivity contribution is -0.0153. The van der Waals surface area contributed by atoms with E-state index in [9.17, 15) is 5.11 Å². The maximum absolute atomic E-state index is 10.2. The van der Waals surface area contributed by atoms with Crippen LogP contribution in [0.2, 0.25) is 0 Å². The fourth-order valence-corrected chi connectivity index (χ4v) is 2.96. The second kappa shape index (κ2) is 5.73. The Kier molecular flexibility index (Phi) is 4.87. The molecule has 1 rings (SSSR count). The lowest BCUT2D eigenvalue weighted by atomic mass is 9.66. The third kappa shape index (κ3) is 3.52. The normalized spacial score (nSPS) is 30.7. The Balaban J connectivity index is 2.55. The highest BCUT2D eigenvalue weighted by molar-refractivity contribution is 4.97. The van der Waals surface area contributed by atoms with Crippen LogP contribution in [-0.4, -0.2) is 11.2 Å². The van der Waals surface area contributed by atoms with Crippen LogP contribution in [0.3, 0.4) is 0 Å². The van der Waals surface area contributed by atoms with E-state index in [1.807, 2.05) is 6.92 Å². The van der Waals surface area contributed by atoms with Crippen LogP contribution >= 0.6 is 0 Å². The van der Waals surface area contributed by atoms with Gasteiger partial charge in [-0.3, -0.25) is 0 Å². The molecule has 1 fully saturated rings. The van der Waals surface area contributed by atoms with Gasteiger partial charge in [-0.25, -0.2) is 0 Å². The molecule has 1 aliphatic carbocycles. The number of hydrogen-bond acceptors (Lipinski definition) is 1. The highest BCUT2D eigenvalue weighted by Gasteiger charge is 2.37. The van der Waals surface area contributed by atoms with Gasteiger partial charge in [0.2, 0.25) is 0 Å². The molecule has 1 N–H and O–H groups in total. The van der Waals surface area contributed by atoms with Gasteiger partial charge in [0.25, 0.3) is 0 Å². The van der Waals surface area contributed by atoms with E-state index in [0.717, 1.165) is 19.3 Å². The lowest BCUT2D eigenvalue weighted by Crippen LogP contribution is -2.38. The molecule has 1 nitrogen and oxygen atoms in total. The minimum atomic E-state index is -0.103. The van der Waals surface area contributed by atoms with Crippen molar-refractivity contribution in [3.05, 3.63) is 0 Å². The highest BCUT2D eigenvalue weighted by Crippen LogP contribution is 2.42. The smallest absolute Gasteiger partial charge is 0.0576 e. The standard InChI is InChI=1S/C15H26O/c1-5-6-7-10-15(3,4)13-9-8-12(2)11-14(13)16/h12-14,16H,7-11H2,1-4H3. The van der Waals surface area contributed by atoms with Crippen molar-refractivity contribution in [3.63, 3.8) is 0 Å². The molecule has 0 spiro atoms. The molecule has 3 atom stereocenters. The molecule has 1 heteroatoms. The van der Waals surface area contributed by atoms with E-state index in [2.05, 4.69) is 32.6 Å². The molecule has 0 heterocycles. The first-order valence-corrected chi connectivity index (χ1v) is 6.55. The summed E-state index contributed by atoms with van der Waals surface area (Å²) in [4.78, 5) is 0. The van der Waals surface area contributed by atoms with Crippen molar-refractivity contribution < 1.29 is 5.11 Å². The fraction of sp³-hybridized carbons (Fsp3) is 0.867. The molecular weight excluding hydrogens is 196 g/mol. The Bertz CT molecular complexity index is 269. The average Bonchev–Trinajstić information content (AvgIpc) is 2.17. The topological polar surface area (TPSA) is 20.2 Å². The predicted molar refractivity (Wildman–Crippen MR) is 69.0 cm³/mol. The van der Waals surface area contributed by atoms with Crippen molar-refractivity contribution in [3.8, 4) is 11.8 Å². The van der Waals surface area contributed by atoms with Crippen LogP contribution in [0, 0.1) is 29.1 Å². The summed E-state index contributed by atoms with van der Waals surface area (Å²) in [5, 5.41) is 10.2. The number of hydrogen-bond donors (Lipinski definition) is 1. The quantitative estimate of drug-likeness (QED) is 0.723. The number of aliphatic hydroxyl groups is 1. The minimum Gasteiger partial charge on any atom is -0.393 e. The summed E-state index contributed by atoms with van der Waals surface area (Å²) in [5.74, 6) is 7.24. The first kappa shape index (κ1) is 13.6. The summed E-state index contributed by atoms with van der Waals surface area (Å²) in [6.07, 6.45) is 5.38. The Hall–Kier alpha value is -0.480. The third-order valence-corrected chi connectivity index (χ3v) is 4.15. The number of rotatable bonds is 3. The molecule has 0 saturated heterocycles. The molecule has 92 valence electrons. The van der Waals surface area contributed by atoms with Gasteiger partial charge in [0.1, 0.15) is 0 Å². The summed E-state index contributed by atoms with van der Waals surface area (Å²) in [5.41, 5.74) is 0.226.